The van der Waals surface area contributed by atoms with E-state index in [0.29, 0.717) is 18.4 Å². The lowest BCUT2D eigenvalue weighted by Crippen LogP contribution is -2.12. The molecule has 1 aromatic carbocycles. The lowest BCUT2D eigenvalue weighted by molar-refractivity contribution is 0.340. The molecule has 6 heteroatoms. The summed E-state index contributed by atoms with van der Waals surface area (Å²) >= 11 is 0. The van der Waals surface area contributed by atoms with Crippen molar-refractivity contribution in [2.24, 2.45) is 0 Å². The molecule has 0 radical (unpaired) electrons. The van der Waals surface area contributed by atoms with Gasteiger partial charge in [0, 0.05) is 0 Å². The van der Waals surface area contributed by atoms with Crippen molar-refractivity contribution < 1.29 is 4.74 Å². The molecule has 2 aromatic rings. The smallest absolute Gasteiger partial charge is 0.228 e. The summed E-state index contributed by atoms with van der Waals surface area (Å²) in [6.07, 6.45) is 0. The van der Waals surface area contributed by atoms with E-state index in [1.54, 1.807) is 6.92 Å². The number of nitrogens with one attached hydrogen (secondary N) is 1. The minimum Gasteiger partial charge on any atom is -0.494 e. The fraction of sp³-hybridized carbons (Fsp3) is 0.357. The molecule has 20 heavy (non-hydrogen) atoms. The Kier molecular flexibility index (Phi) is 4.34. The van der Waals surface area contributed by atoms with Crippen molar-refractivity contribution in [3.63, 3.8) is 0 Å². The van der Waals surface area contributed by atoms with E-state index < -0.39 is 0 Å². The number of benzene rings is 1. The first-order valence-electron chi connectivity index (χ1n) is 6.56. The highest BCUT2D eigenvalue weighted by Gasteiger charge is 2.08. The summed E-state index contributed by atoms with van der Waals surface area (Å²) in [5, 5.41) is 3.21. The largest absolute Gasteiger partial charge is 0.494 e. The molecule has 0 spiro atoms. The van der Waals surface area contributed by atoms with Crippen molar-refractivity contribution >= 4 is 11.9 Å². The van der Waals surface area contributed by atoms with Crippen LogP contribution < -0.4 is 15.8 Å². The molecule has 0 aliphatic carbocycles. The molecule has 6 nitrogen and oxygen atoms in total. The molecule has 0 bridgehead atoms. The minimum absolute atomic E-state index is 0.0619. The first kappa shape index (κ1) is 14.0. The van der Waals surface area contributed by atoms with Crippen LogP contribution in [0.3, 0.4) is 0 Å². The summed E-state index contributed by atoms with van der Waals surface area (Å²) in [5.74, 6) is 2.16. The zero-order chi connectivity index (χ0) is 14.5. The molecule has 0 fully saturated rings. The van der Waals surface area contributed by atoms with Gasteiger partial charge in [-0.2, -0.15) is 15.0 Å². The number of nitrogens with two attached hydrogens (primary N) is 1. The number of aryl methyl sites for hydroxylation is 1. The maximum Gasteiger partial charge on any atom is 0.228 e. The Balaban J connectivity index is 2.08. The number of hydrogen-bond acceptors (Lipinski definition) is 6. The molecule has 2 rings (SSSR count). The number of nitrogen functional groups attached to an aromatic ring is 1. The summed E-state index contributed by atoms with van der Waals surface area (Å²) in [7, 11) is 0. The fourth-order valence-corrected chi connectivity index (χ4v) is 1.86. The van der Waals surface area contributed by atoms with Gasteiger partial charge in [0.2, 0.25) is 11.9 Å². The number of rotatable bonds is 5. The molecule has 1 unspecified atom stereocenters. The lowest BCUT2D eigenvalue weighted by Gasteiger charge is -2.15. The standard InChI is InChI=1S/C14H19N5O/c1-4-20-12-7-5-11(6-8-12)9(2)16-14-18-10(3)17-13(15)19-14/h5-9H,4H2,1-3H3,(H3,15,16,17,18,19). The van der Waals surface area contributed by atoms with Crippen molar-refractivity contribution in [3.8, 4) is 5.75 Å². The zero-order valence-corrected chi connectivity index (χ0v) is 11.9. The van der Waals surface area contributed by atoms with Crippen LogP contribution in [-0.4, -0.2) is 21.6 Å². The monoisotopic (exact) mass is 273 g/mol. The van der Waals surface area contributed by atoms with Crippen LogP contribution in [0.15, 0.2) is 24.3 Å². The van der Waals surface area contributed by atoms with Gasteiger partial charge in [0.15, 0.2) is 0 Å². The zero-order valence-electron chi connectivity index (χ0n) is 11.9. The Morgan fingerprint density at radius 1 is 1.20 bits per heavy atom. The molecular formula is C14H19N5O. The first-order chi connectivity index (χ1) is 9.58. The van der Waals surface area contributed by atoms with Crippen LogP contribution in [0.4, 0.5) is 11.9 Å². The molecule has 0 saturated carbocycles. The Bertz CT molecular complexity index is 550. The SMILES string of the molecule is CCOc1ccc(C(C)Nc2nc(C)nc(N)n2)cc1. The molecule has 0 amide bonds. The van der Waals surface area contributed by atoms with E-state index in [0.717, 1.165) is 11.3 Å². The van der Waals surface area contributed by atoms with Crippen molar-refractivity contribution in [2.75, 3.05) is 17.7 Å². The third-order valence-electron chi connectivity index (χ3n) is 2.80. The number of aromatic nitrogens is 3. The van der Waals surface area contributed by atoms with E-state index in [4.69, 9.17) is 10.5 Å². The van der Waals surface area contributed by atoms with Crippen molar-refractivity contribution in [1.29, 1.82) is 0 Å². The second-order valence-corrected chi connectivity index (χ2v) is 4.43. The predicted octanol–water partition coefficient (Wildman–Crippen LogP) is 2.33. The normalized spacial score (nSPS) is 11.9. The van der Waals surface area contributed by atoms with Gasteiger partial charge in [-0.3, -0.25) is 0 Å². The third-order valence-corrected chi connectivity index (χ3v) is 2.80. The molecular weight excluding hydrogens is 254 g/mol. The van der Waals surface area contributed by atoms with Gasteiger partial charge < -0.3 is 15.8 Å². The molecule has 0 saturated heterocycles. The van der Waals surface area contributed by atoms with E-state index in [1.807, 2.05) is 38.1 Å². The van der Waals surface area contributed by atoms with Crippen LogP contribution in [0.1, 0.15) is 31.3 Å². The Hall–Kier alpha value is -2.37. The van der Waals surface area contributed by atoms with Gasteiger partial charge in [-0.1, -0.05) is 12.1 Å². The third kappa shape index (κ3) is 3.57. The van der Waals surface area contributed by atoms with Gasteiger partial charge in [0.05, 0.1) is 12.6 Å². The van der Waals surface area contributed by atoms with E-state index in [9.17, 15) is 0 Å². The highest BCUT2D eigenvalue weighted by atomic mass is 16.5. The van der Waals surface area contributed by atoms with Gasteiger partial charge in [0.25, 0.3) is 0 Å². The fourth-order valence-electron chi connectivity index (χ4n) is 1.86. The van der Waals surface area contributed by atoms with Crippen LogP contribution >= 0.6 is 0 Å². The summed E-state index contributed by atoms with van der Waals surface area (Å²) < 4.78 is 5.42. The van der Waals surface area contributed by atoms with Gasteiger partial charge >= 0.3 is 0 Å². The molecule has 0 aliphatic heterocycles. The molecule has 1 heterocycles. The average Bonchev–Trinajstić information content (AvgIpc) is 2.38. The van der Waals surface area contributed by atoms with Crippen molar-refractivity contribution in [2.45, 2.75) is 26.8 Å². The molecule has 0 aliphatic rings. The Morgan fingerprint density at radius 3 is 2.50 bits per heavy atom. The maximum atomic E-state index is 5.61. The highest BCUT2D eigenvalue weighted by molar-refractivity contribution is 5.36. The lowest BCUT2D eigenvalue weighted by atomic mass is 10.1. The second-order valence-electron chi connectivity index (χ2n) is 4.43. The van der Waals surface area contributed by atoms with Crippen LogP contribution in [0.25, 0.3) is 0 Å². The van der Waals surface area contributed by atoms with Gasteiger partial charge in [-0.05, 0) is 38.5 Å². The number of anilines is 2. The van der Waals surface area contributed by atoms with Crippen molar-refractivity contribution in [3.05, 3.63) is 35.7 Å². The minimum atomic E-state index is 0.0619. The summed E-state index contributed by atoms with van der Waals surface area (Å²) in [6.45, 7) is 6.44. The van der Waals surface area contributed by atoms with Gasteiger partial charge in [-0.15, -0.1) is 0 Å². The van der Waals surface area contributed by atoms with E-state index in [1.165, 1.54) is 0 Å². The van der Waals surface area contributed by atoms with Gasteiger partial charge in [-0.25, -0.2) is 0 Å². The van der Waals surface area contributed by atoms with Gasteiger partial charge in [0.1, 0.15) is 11.6 Å². The number of ether oxygens (including phenoxy) is 1. The van der Waals surface area contributed by atoms with Crippen LogP contribution in [0.5, 0.6) is 5.75 Å². The summed E-state index contributed by atoms with van der Waals surface area (Å²) in [5.41, 5.74) is 6.72. The maximum absolute atomic E-state index is 5.61. The quantitative estimate of drug-likeness (QED) is 0.869. The second kappa shape index (κ2) is 6.18. The number of hydrogen-bond donors (Lipinski definition) is 2. The van der Waals surface area contributed by atoms with E-state index >= 15 is 0 Å². The molecule has 106 valence electrons. The van der Waals surface area contributed by atoms with Crippen LogP contribution in [0, 0.1) is 6.92 Å². The van der Waals surface area contributed by atoms with E-state index in [2.05, 4.69) is 20.3 Å². The van der Waals surface area contributed by atoms with Crippen LogP contribution in [0.2, 0.25) is 0 Å². The summed E-state index contributed by atoms with van der Waals surface area (Å²) in [4.78, 5) is 12.2. The average molecular weight is 273 g/mol. The topological polar surface area (TPSA) is 86.0 Å². The predicted molar refractivity (Wildman–Crippen MR) is 78.6 cm³/mol. The molecule has 1 aromatic heterocycles. The van der Waals surface area contributed by atoms with E-state index in [-0.39, 0.29) is 12.0 Å². The summed E-state index contributed by atoms with van der Waals surface area (Å²) in [6, 6.07) is 7.99. The first-order valence-corrected chi connectivity index (χ1v) is 6.56. The van der Waals surface area contributed by atoms with Crippen LogP contribution in [-0.2, 0) is 0 Å². The van der Waals surface area contributed by atoms with Crippen molar-refractivity contribution in [1.82, 2.24) is 15.0 Å². The molecule has 1 atom stereocenters. The molecule has 3 N–H and O–H groups in total. The number of nitrogens with zero attached hydrogens (tertiary/aromatic N) is 3. The Labute approximate surface area is 118 Å². The highest BCUT2D eigenvalue weighted by Crippen LogP contribution is 2.20. The Morgan fingerprint density at radius 2 is 1.90 bits per heavy atom.